The van der Waals surface area contributed by atoms with Crippen LogP contribution < -0.4 is 20.4 Å². The molecule has 418 valence electrons. The van der Waals surface area contributed by atoms with Gasteiger partial charge in [-0.3, -0.25) is 9.59 Å². The molecule has 6 heterocycles. The molecule has 1 spiro atoms. The molecule has 11 rings (SSSR count). The molecule has 0 radical (unpaired) electrons. The Morgan fingerprint density at radius 2 is 1.10 bits per heavy atom. The van der Waals surface area contributed by atoms with Gasteiger partial charge in [-0.1, -0.05) is 52.0 Å². The van der Waals surface area contributed by atoms with Gasteiger partial charge in [0.25, 0.3) is 0 Å². The normalized spacial score (nSPS) is 21.7. The lowest BCUT2D eigenvalue weighted by Gasteiger charge is -2.41. The fraction of sp³-hybridized carbons (Fsp3) is 0.492. The third kappa shape index (κ3) is 9.76. The fourth-order valence-electron chi connectivity index (χ4n) is 13.6. The number of benzene rings is 4. The van der Waals surface area contributed by atoms with Crippen LogP contribution in [0.5, 0.6) is 0 Å². The Bertz CT molecular complexity index is 3160. The van der Waals surface area contributed by atoms with E-state index in [4.69, 9.17) is 19.4 Å². The number of aromatic nitrogens is 4. The summed E-state index contributed by atoms with van der Waals surface area (Å²) >= 11 is 0. The molecule has 20 heteroatoms. The number of imidazole rings is 2. The number of nitrogens with one attached hydrogen (secondary N) is 4. The van der Waals surface area contributed by atoms with E-state index in [0.29, 0.717) is 85.6 Å². The Morgan fingerprint density at radius 3 is 1.57 bits per heavy atom. The number of likely N-dealkylation sites (tertiary alicyclic amines) is 2. The van der Waals surface area contributed by atoms with E-state index in [1.165, 1.54) is 49.6 Å². The molecule has 0 saturated carbocycles. The monoisotopic (exact) mass is 1090 g/mol. The Hall–Kier alpha value is -7.38. The number of nitrogens with zero attached hydrogens (tertiary/aromatic N) is 6. The summed E-state index contributed by atoms with van der Waals surface area (Å²) in [5.74, 6) is -3.00. The number of rotatable bonds is 12. The highest BCUT2D eigenvalue weighted by Gasteiger charge is 2.45. The molecule has 4 fully saturated rings. The van der Waals surface area contributed by atoms with Crippen molar-refractivity contribution in [1.29, 1.82) is 0 Å². The summed E-state index contributed by atoms with van der Waals surface area (Å²) in [6, 6.07) is 12.5. The highest BCUT2D eigenvalue weighted by atomic mass is 19.1. The number of ether oxygens (including phenoxy) is 2. The summed E-state index contributed by atoms with van der Waals surface area (Å²) < 4.78 is 77.7. The van der Waals surface area contributed by atoms with Gasteiger partial charge in [0.1, 0.15) is 41.1 Å². The number of anilines is 2. The molecule has 4 amide bonds. The zero-order chi connectivity index (χ0) is 55.6. The predicted octanol–water partition coefficient (Wildman–Crippen LogP) is 10.7. The zero-order valence-electron chi connectivity index (χ0n) is 45.4. The van der Waals surface area contributed by atoms with E-state index < -0.39 is 71.7 Å². The van der Waals surface area contributed by atoms with Crippen LogP contribution in [-0.2, 0) is 30.9 Å². The van der Waals surface area contributed by atoms with Crippen LogP contribution in [0.3, 0.4) is 0 Å². The number of halogens is 4. The quantitative estimate of drug-likeness (QED) is 0.0861. The van der Waals surface area contributed by atoms with Crippen LogP contribution >= 0.6 is 0 Å². The number of aryl methyl sites for hydroxylation is 1. The van der Waals surface area contributed by atoms with Crippen molar-refractivity contribution in [2.75, 3.05) is 50.2 Å². The minimum Gasteiger partial charge on any atom is -0.453 e. The van der Waals surface area contributed by atoms with Crippen molar-refractivity contribution in [3.63, 3.8) is 0 Å². The van der Waals surface area contributed by atoms with Crippen molar-refractivity contribution in [2.45, 2.75) is 134 Å². The Balaban J connectivity index is 0.936. The number of fused-ring (bicyclic) bond motifs is 4. The lowest BCUT2D eigenvalue weighted by atomic mass is 9.74. The second kappa shape index (κ2) is 21.3. The topological polar surface area (TPSA) is 181 Å². The van der Waals surface area contributed by atoms with E-state index in [1.807, 2.05) is 27.7 Å². The molecule has 1 aliphatic carbocycles. The molecule has 6 atom stereocenters. The number of piperidine rings is 1. The van der Waals surface area contributed by atoms with Crippen LogP contribution in [0.2, 0.25) is 0 Å². The number of aromatic amines is 2. The standard InChI is InChI=1S/C59H68F4N10O6/c1-31(2)50(68-57(76)78-5)55(74)71-21-9-13-48(71)53-64-42-27-35(38(60)29-44(42)66-53)46-15-16-47(73(46)34-25-40(62)52(41(63)26-34)70-23-19-59(20-24-70)18-17-33-11-7-8-12-37(33)59)36-28-43-45(30-39(36)61)67-54(65-43)49-14-10-22-72(49)56(75)51(32(3)4)69-58(77)79-6/h7-8,11-12,25-32,46-51H,9-10,13-24H2,1-6H3,(H,64,66)(H,65,67)(H,68,76)(H,69,77)/t46-,47-,48+,49+,50+,51+/m1/s1. The molecule has 4 aliphatic heterocycles. The van der Waals surface area contributed by atoms with Crippen molar-refractivity contribution in [3.05, 3.63) is 118 Å². The predicted molar refractivity (Wildman–Crippen MR) is 289 cm³/mol. The van der Waals surface area contributed by atoms with E-state index in [0.717, 1.165) is 25.7 Å². The van der Waals surface area contributed by atoms with Crippen molar-refractivity contribution < 1.29 is 46.2 Å². The van der Waals surface area contributed by atoms with Gasteiger partial charge in [0.2, 0.25) is 11.8 Å². The van der Waals surface area contributed by atoms with Crippen LogP contribution in [0.25, 0.3) is 22.1 Å². The summed E-state index contributed by atoms with van der Waals surface area (Å²) in [6.07, 6.45) is 5.01. The van der Waals surface area contributed by atoms with E-state index >= 15 is 17.6 Å². The first-order valence-electron chi connectivity index (χ1n) is 27.8. The van der Waals surface area contributed by atoms with E-state index in [-0.39, 0.29) is 64.4 Å². The Kier molecular flexibility index (Phi) is 14.5. The molecule has 5 aliphatic rings. The van der Waals surface area contributed by atoms with Gasteiger partial charge >= 0.3 is 12.2 Å². The second-order valence-corrected chi connectivity index (χ2v) is 22.8. The lowest BCUT2D eigenvalue weighted by Crippen LogP contribution is -2.51. The Labute approximate surface area is 456 Å². The van der Waals surface area contributed by atoms with Crippen molar-refractivity contribution in [2.24, 2.45) is 11.8 Å². The molecule has 16 nitrogen and oxygen atoms in total. The summed E-state index contributed by atoms with van der Waals surface area (Å²) in [6.45, 7) is 9.05. The van der Waals surface area contributed by atoms with Gasteiger partial charge in [0.15, 0.2) is 11.6 Å². The van der Waals surface area contributed by atoms with E-state index in [2.05, 4.69) is 44.9 Å². The maximum Gasteiger partial charge on any atom is 0.407 e. The largest absolute Gasteiger partial charge is 0.453 e. The number of hydrogen-bond acceptors (Lipinski definition) is 10. The minimum atomic E-state index is -0.858. The smallest absolute Gasteiger partial charge is 0.407 e. The zero-order valence-corrected chi connectivity index (χ0v) is 45.4. The molecular weight excluding hydrogens is 1020 g/mol. The third-order valence-electron chi connectivity index (χ3n) is 17.6. The number of carbonyl (C=O) groups is 4. The van der Waals surface area contributed by atoms with Crippen molar-refractivity contribution >= 4 is 57.4 Å². The van der Waals surface area contributed by atoms with Crippen LogP contribution in [-0.4, -0.2) is 106 Å². The summed E-state index contributed by atoms with van der Waals surface area (Å²) in [4.78, 5) is 75.7. The molecule has 0 bridgehead atoms. The summed E-state index contributed by atoms with van der Waals surface area (Å²) in [5, 5.41) is 5.32. The molecule has 2 aromatic heterocycles. The minimum absolute atomic E-state index is 0.0433. The first-order valence-corrected chi connectivity index (χ1v) is 27.8. The maximum absolute atomic E-state index is 17.0. The molecule has 4 aromatic carbocycles. The van der Waals surface area contributed by atoms with Gasteiger partial charge in [-0.05, 0) is 129 Å². The van der Waals surface area contributed by atoms with Gasteiger partial charge in [-0.2, -0.15) is 0 Å². The highest BCUT2D eigenvalue weighted by molar-refractivity contribution is 5.88. The number of hydrogen-bond donors (Lipinski definition) is 4. The van der Waals surface area contributed by atoms with Crippen LogP contribution in [0.15, 0.2) is 60.7 Å². The van der Waals surface area contributed by atoms with Crippen molar-refractivity contribution in [3.8, 4) is 0 Å². The van der Waals surface area contributed by atoms with E-state index in [9.17, 15) is 19.2 Å². The number of H-pyrrole nitrogens is 2. The number of amides is 4. The second-order valence-electron chi connectivity index (χ2n) is 22.8. The molecular formula is C59H68F4N10O6. The lowest BCUT2D eigenvalue weighted by molar-refractivity contribution is -0.136. The summed E-state index contributed by atoms with van der Waals surface area (Å²) in [5.41, 5.74) is 4.52. The van der Waals surface area contributed by atoms with Gasteiger partial charge < -0.3 is 49.7 Å². The third-order valence-corrected chi connectivity index (χ3v) is 17.6. The maximum atomic E-state index is 17.0. The molecule has 4 N–H and O–H groups in total. The van der Waals surface area contributed by atoms with Crippen LogP contribution in [0.4, 0.5) is 38.5 Å². The molecule has 4 saturated heterocycles. The Morgan fingerprint density at radius 1 is 0.620 bits per heavy atom. The number of methoxy groups -OCH3 is 2. The number of carbonyl (C=O) groups excluding carboxylic acids is 4. The van der Waals surface area contributed by atoms with Gasteiger partial charge in [0.05, 0.1) is 60.5 Å². The van der Waals surface area contributed by atoms with Gasteiger partial charge in [-0.15, -0.1) is 0 Å². The van der Waals surface area contributed by atoms with E-state index in [1.54, 1.807) is 31.7 Å². The average molecular weight is 1090 g/mol. The molecule has 6 aromatic rings. The number of alkyl carbamates (subject to hydrolysis) is 2. The average Bonchev–Trinajstić information content (AvgIpc) is 4.43. The van der Waals surface area contributed by atoms with Gasteiger partial charge in [0, 0.05) is 43.0 Å². The van der Waals surface area contributed by atoms with Crippen molar-refractivity contribution in [1.82, 2.24) is 40.4 Å². The highest BCUT2D eigenvalue weighted by Crippen LogP contribution is 2.51. The molecule has 79 heavy (non-hydrogen) atoms. The van der Waals surface area contributed by atoms with Crippen LogP contribution in [0.1, 0.15) is 144 Å². The SMILES string of the molecule is COC(=O)N[C@H](C(=O)N1CCC[C@H]1c1nc2cc([C@H]3CC[C@H](c4cc5nc([C@@H]6CCCN6C(=O)[C@@H](NC(=O)OC)C(C)C)[nH]c5cc4F)N3c3cc(F)c(N4CCC5(CCc6ccccc65)CC4)c(F)c3)c(F)cc2[nH]1)C(C)C. The summed E-state index contributed by atoms with van der Waals surface area (Å²) in [7, 11) is 2.47. The molecule has 0 unspecified atom stereocenters. The van der Waals surface area contributed by atoms with Gasteiger partial charge in [-0.25, -0.2) is 37.1 Å². The van der Waals surface area contributed by atoms with Crippen LogP contribution in [0, 0.1) is 35.1 Å². The fourth-order valence-corrected chi connectivity index (χ4v) is 13.6. The first kappa shape index (κ1) is 53.6. The first-order chi connectivity index (χ1) is 38.0.